The Labute approximate surface area is 117 Å². The molecule has 118 valence electrons. The normalized spacial score (nSPS) is 21.8. The smallest absolute Gasteiger partial charge is 0.401 e. The summed E-state index contributed by atoms with van der Waals surface area (Å²) in [7, 11) is 0. The van der Waals surface area contributed by atoms with Gasteiger partial charge in [0.15, 0.2) is 0 Å². The number of hydrogen-bond donors (Lipinski definition) is 1. The van der Waals surface area contributed by atoms with Crippen LogP contribution in [-0.2, 0) is 9.53 Å². The van der Waals surface area contributed by atoms with Gasteiger partial charge in [-0.25, -0.2) is 0 Å². The van der Waals surface area contributed by atoms with Gasteiger partial charge in [-0.05, 0) is 40.2 Å². The molecule has 4 nitrogen and oxygen atoms in total. The number of nitrogens with one attached hydrogen (secondary N) is 1. The van der Waals surface area contributed by atoms with E-state index in [-0.39, 0.29) is 18.6 Å². The summed E-state index contributed by atoms with van der Waals surface area (Å²) in [5.74, 6) is -0.339. The average Bonchev–Trinajstić information content (AvgIpc) is 2.23. The molecule has 1 N–H and O–H groups in total. The first-order valence-electron chi connectivity index (χ1n) is 6.79. The van der Waals surface area contributed by atoms with Crippen molar-refractivity contribution in [2.75, 3.05) is 26.2 Å². The Kier molecular flexibility index (Phi) is 5.82. The van der Waals surface area contributed by atoms with Crippen molar-refractivity contribution in [1.82, 2.24) is 10.2 Å². The molecular formula is C13H23F3N2O2. The zero-order valence-electron chi connectivity index (χ0n) is 12.2. The maximum atomic E-state index is 12.2. The highest BCUT2D eigenvalue weighted by Crippen LogP contribution is 2.16. The number of likely N-dealkylation sites (tertiary alicyclic amines) is 1. The highest BCUT2D eigenvalue weighted by atomic mass is 19.4. The van der Waals surface area contributed by atoms with Crippen molar-refractivity contribution >= 4 is 5.97 Å². The molecule has 1 aliphatic rings. The Morgan fingerprint density at radius 1 is 1.35 bits per heavy atom. The van der Waals surface area contributed by atoms with Crippen LogP contribution in [0.4, 0.5) is 13.2 Å². The van der Waals surface area contributed by atoms with E-state index in [9.17, 15) is 18.0 Å². The van der Waals surface area contributed by atoms with Crippen LogP contribution in [0.2, 0.25) is 0 Å². The van der Waals surface area contributed by atoms with Gasteiger partial charge >= 0.3 is 12.1 Å². The van der Waals surface area contributed by atoms with Gasteiger partial charge < -0.3 is 10.1 Å². The molecule has 0 aromatic heterocycles. The number of carbonyl (C=O) groups excluding carboxylic acids is 1. The maximum Gasteiger partial charge on any atom is 0.401 e. The Morgan fingerprint density at radius 2 is 2.00 bits per heavy atom. The van der Waals surface area contributed by atoms with Crippen LogP contribution >= 0.6 is 0 Å². The SMILES string of the molecule is CC(C)(C)OC(=O)CN1CCCC(NCC(F)(F)F)C1. The first-order valence-corrected chi connectivity index (χ1v) is 6.79. The summed E-state index contributed by atoms with van der Waals surface area (Å²) >= 11 is 0. The second-order valence-electron chi connectivity index (χ2n) is 6.16. The quantitative estimate of drug-likeness (QED) is 0.805. The fraction of sp³-hybridized carbons (Fsp3) is 0.923. The van der Waals surface area contributed by atoms with E-state index in [1.807, 2.05) is 4.90 Å². The third-order valence-electron chi connectivity index (χ3n) is 2.87. The van der Waals surface area contributed by atoms with Crippen molar-refractivity contribution < 1.29 is 22.7 Å². The first kappa shape index (κ1) is 17.2. The summed E-state index contributed by atoms with van der Waals surface area (Å²) in [4.78, 5) is 13.5. The molecule has 0 aromatic carbocycles. The molecule has 0 amide bonds. The van der Waals surface area contributed by atoms with Gasteiger partial charge in [0.2, 0.25) is 0 Å². The molecule has 1 fully saturated rings. The Bertz CT molecular complexity index is 327. The third-order valence-corrected chi connectivity index (χ3v) is 2.87. The lowest BCUT2D eigenvalue weighted by Gasteiger charge is -2.33. The number of nitrogens with zero attached hydrogens (tertiary/aromatic N) is 1. The van der Waals surface area contributed by atoms with Crippen molar-refractivity contribution in [2.24, 2.45) is 0 Å². The van der Waals surface area contributed by atoms with E-state index < -0.39 is 18.3 Å². The van der Waals surface area contributed by atoms with E-state index in [0.717, 1.165) is 6.42 Å². The molecule has 1 unspecified atom stereocenters. The van der Waals surface area contributed by atoms with Gasteiger partial charge in [0.1, 0.15) is 5.60 Å². The van der Waals surface area contributed by atoms with Gasteiger partial charge in [0.25, 0.3) is 0 Å². The van der Waals surface area contributed by atoms with Crippen molar-refractivity contribution in [3.8, 4) is 0 Å². The van der Waals surface area contributed by atoms with Crippen LogP contribution in [0.15, 0.2) is 0 Å². The van der Waals surface area contributed by atoms with Crippen molar-refractivity contribution in [3.05, 3.63) is 0 Å². The molecule has 1 heterocycles. The fourth-order valence-corrected chi connectivity index (χ4v) is 2.18. The predicted octanol–water partition coefficient (Wildman–Crippen LogP) is 1.94. The molecule has 0 bridgehead atoms. The molecule has 1 atom stereocenters. The fourth-order valence-electron chi connectivity index (χ4n) is 2.18. The molecule has 1 rings (SSSR count). The zero-order chi connectivity index (χ0) is 15.4. The predicted molar refractivity (Wildman–Crippen MR) is 69.4 cm³/mol. The van der Waals surface area contributed by atoms with Gasteiger partial charge in [-0.15, -0.1) is 0 Å². The molecule has 1 saturated heterocycles. The van der Waals surface area contributed by atoms with Crippen LogP contribution in [0.3, 0.4) is 0 Å². The molecule has 0 radical (unpaired) electrons. The minimum absolute atomic E-state index is 0.126. The van der Waals surface area contributed by atoms with Crippen molar-refractivity contribution in [2.45, 2.75) is 51.4 Å². The third kappa shape index (κ3) is 7.69. The van der Waals surface area contributed by atoms with Crippen LogP contribution < -0.4 is 5.32 Å². The van der Waals surface area contributed by atoms with Gasteiger partial charge in [-0.2, -0.15) is 13.2 Å². The average molecular weight is 296 g/mol. The second kappa shape index (κ2) is 6.76. The highest BCUT2D eigenvalue weighted by Gasteiger charge is 2.30. The molecular weight excluding hydrogens is 273 g/mol. The van der Waals surface area contributed by atoms with E-state index in [2.05, 4.69) is 5.32 Å². The summed E-state index contributed by atoms with van der Waals surface area (Å²) in [6, 6.07) is -0.229. The van der Waals surface area contributed by atoms with E-state index in [1.165, 1.54) is 0 Å². The number of carbonyl (C=O) groups is 1. The largest absolute Gasteiger partial charge is 0.459 e. The molecule has 0 aliphatic carbocycles. The Balaban J connectivity index is 2.35. The minimum atomic E-state index is -4.20. The molecule has 0 aromatic rings. The number of hydrogen-bond acceptors (Lipinski definition) is 4. The lowest BCUT2D eigenvalue weighted by molar-refractivity contribution is -0.156. The van der Waals surface area contributed by atoms with Crippen LogP contribution in [0.1, 0.15) is 33.6 Å². The van der Waals surface area contributed by atoms with Crippen molar-refractivity contribution in [3.63, 3.8) is 0 Å². The maximum absolute atomic E-state index is 12.2. The van der Waals surface area contributed by atoms with Crippen LogP contribution in [0.5, 0.6) is 0 Å². The van der Waals surface area contributed by atoms with E-state index in [1.54, 1.807) is 20.8 Å². The monoisotopic (exact) mass is 296 g/mol. The number of halogens is 3. The minimum Gasteiger partial charge on any atom is -0.459 e. The number of alkyl halides is 3. The van der Waals surface area contributed by atoms with E-state index in [0.29, 0.717) is 19.5 Å². The van der Waals surface area contributed by atoms with Gasteiger partial charge in [0.05, 0.1) is 13.1 Å². The molecule has 1 aliphatic heterocycles. The Hall–Kier alpha value is -0.820. The van der Waals surface area contributed by atoms with Gasteiger partial charge in [0, 0.05) is 12.6 Å². The first-order chi connectivity index (χ1) is 9.05. The standard InChI is InChI=1S/C13H23F3N2O2/c1-12(2,3)20-11(19)8-18-6-4-5-10(7-18)17-9-13(14,15)16/h10,17H,4-9H2,1-3H3. The lowest BCUT2D eigenvalue weighted by atomic mass is 10.1. The van der Waals surface area contributed by atoms with Gasteiger partial charge in [-0.1, -0.05) is 0 Å². The second-order valence-corrected chi connectivity index (χ2v) is 6.16. The number of esters is 1. The van der Waals surface area contributed by atoms with Gasteiger partial charge in [-0.3, -0.25) is 9.69 Å². The zero-order valence-corrected chi connectivity index (χ0v) is 12.2. The van der Waals surface area contributed by atoms with Crippen LogP contribution in [-0.4, -0.2) is 54.9 Å². The number of piperidine rings is 1. The van der Waals surface area contributed by atoms with E-state index >= 15 is 0 Å². The number of ether oxygens (including phenoxy) is 1. The lowest BCUT2D eigenvalue weighted by Crippen LogP contribution is -2.49. The summed E-state index contributed by atoms with van der Waals surface area (Å²) < 4.78 is 41.7. The van der Waals surface area contributed by atoms with E-state index in [4.69, 9.17) is 4.74 Å². The highest BCUT2D eigenvalue weighted by molar-refractivity contribution is 5.72. The molecule has 7 heteroatoms. The van der Waals surface area contributed by atoms with Crippen LogP contribution in [0.25, 0.3) is 0 Å². The topological polar surface area (TPSA) is 41.6 Å². The molecule has 0 spiro atoms. The summed E-state index contributed by atoms with van der Waals surface area (Å²) in [5, 5.41) is 2.49. The summed E-state index contributed by atoms with van der Waals surface area (Å²) in [6.45, 7) is 5.65. The van der Waals surface area contributed by atoms with Crippen LogP contribution in [0, 0.1) is 0 Å². The van der Waals surface area contributed by atoms with Crippen molar-refractivity contribution in [1.29, 1.82) is 0 Å². The molecule has 0 saturated carbocycles. The number of rotatable bonds is 4. The summed E-state index contributed by atoms with van der Waals surface area (Å²) in [5.41, 5.74) is -0.541. The summed E-state index contributed by atoms with van der Waals surface area (Å²) in [6.07, 6.45) is -2.73. The molecule has 20 heavy (non-hydrogen) atoms. The Morgan fingerprint density at radius 3 is 2.55 bits per heavy atom.